The normalized spacial score (nSPS) is 13.6. The van der Waals surface area contributed by atoms with Gasteiger partial charge in [0.15, 0.2) is 23.3 Å². The van der Waals surface area contributed by atoms with Crippen LogP contribution in [0.25, 0.3) is 17.5 Å². The summed E-state index contributed by atoms with van der Waals surface area (Å²) in [7, 11) is 0. The molecule has 0 atom stereocenters. The second-order valence-electron chi connectivity index (χ2n) is 8.76. The van der Waals surface area contributed by atoms with Crippen LogP contribution in [0.5, 0.6) is 0 Å². The minimum Gasteiger partial charge on any atom is -0.368 e. The van der Waals surface area contributed by atoms with Crippen molar-refractivity contribution < 1.29 is 22.8 Å². The van der Waals surface area contributed by atoms with Gasteiger partial charge in [0, 0.05) is 74.5 Å². The number of carbonyl (C=O) groups excluding carboxylic acids is 2. The molecule has 0 radical (unpaired) electrons. The highest BCUT2D eigenvalue weighted by atomic mass is 35.5. The molecule has 204 valence electrons. The maximum absolute atomic E-state index is 13.9. The third kappa shape index (κ3) is 7.26. The molecular formula is C27H26ClF3N6O2. The second kappa shape index (κ2) is 12.6. The molecule has 1 aromatic heterocycles. The molecule has 0 saturated carbocycles. The third-order valence-corrected chi connectivity index (χ3v) is 6.26. The molecule has 1 fully saturated rings. The standard InChI is InChI=1S/C27H26ClF3N6O2/c1-17(38)32-10-11-33-22-16-23(35-27(34-22)19-2-6-20(28)7-3-19)36-12-14-37(15-13-36)24(39)9-5-18-4-8-21(29)26(31)25(18)30/h2-9,16H,10-15H2,1H3,(H,32,38)(H,33,34,35). The van der Waals surface area contributed by atoms with Crippen molar-refractivity contribution in [1.82, 2.24) is 20.2 Å². The van der Waals surface area contributed by atoms with Crippen LogP contribution < -0.4 is 15.5 Å². The van der Waals surface area contributed by atoms with E-state index in [1.165, 1.54) is 6.92 Å². The van der Waals surface area contributed by atoms with Gasteiger partial charge in [-0.1, -0.05) is 11.6 Å². The molecule has 0 bridgehead atoms. The number of piperazine rings is 1. The third-order valence-electron chi connectivity index (χ3n) is 6.01. The number of benzene rings is 2. The lowest BCUT2D eigenvalue weighted by Crippen LogP contribution is -2.48. The Balaban J connectivity index is 1.45. The average Bonchev–Trinajstić information content (AvgIpc) is 2.94. The molecule has 1 saturated heterocycles. The van der Waals surface area contributed by atoms with Gasteiger partial charge in [-0.2, -0.15) is 0 Å². The fourth-order valence-electron chi connectivity index (χ4n) is 3.94. The van der Waals surface area contributed by atoms with Crippen molar-refractivity contribution in [3.63, 3.8) is 0 Å². The van der Waals surface area contributed by atoms with E-state index in [2.05, 4.69) is 15.6 Å². The number of carbonyl (C=O) groups is 2. The molecule has 2 heterocycles. The molecule has 12 heteroatoms. The topological polar surface area (TPSA) is 90.5 Å². The fourth-order valence-corrected chi connectivity index (χ4v) is 4.06. The lowest BCUT2D eigenvalue weighted by Gasteiger charge is -2.35. The van der Waals surface area contributed by atoms with Crippen LogP contribution in [0.2, 0.25) is 5.02 Å². The van der Waals surface area contributed by atoms with Crippen LogP contribution in [0.4, 0.5) is 24.8 Å². The van der Waals surface area contributed by atoms with Gasteiger partial charge in [-0.25, -0.2) is 23.1 Å². The number of hydrogen-bond acceptors (Lipinski definition) is 6. The monoisotopic (exact) mass is 558 g/mol. The van der Waals surface area contributed by atoms with Crippen molar-refractivity contribution in [2.75, 3.05) is 49.5 Å². The van der Waals surface area contributed by atoms with Gasteiger partial charge in [-0.3, -0.25) is 9.59 Å². The van der Waals surface area contributed by atoms with Crippen LogP contribution in [-0.2, 0) is 9.59 Å². The molecule has 0 unspecified atom stereocenters. The first-order chi connectivity index (χ1) is 18.7. The molecular weight excluding hydrogens is 533 g/mol. The van der Waals surface area contributed by atoms with Gasteiger partial charge in [0.05, 0.1) is 0 Å². The number of anilines is 2. The molecule has 1 aliphatic rings. The van der Waals surface area contributed by atoms with E-state index in [0.29, 0.717) is 61.8 Å². The number of hydrogen-bond donors (Lipinski definition) is 2. The van der Waals surface area contributed by atoms with Crippen LogP contribution >= 0.6 is 11.6 Å². The largest absolute Gasteiger partial charge is 0.368 e. The Morgan fingerprint density at radius 1 is 0.974 bits per heavy atom. The number of nitrogens with one attached hydrogen (secondary N) is 2. The van der Waals surface area contributed by atoms with E-state index in [4.69, 9.17) is 16.6 Å². The summed E-state index contributed by atoms with van der Waals surface area (Å²) in [6.45, 7) is 4.02. The van der Waals surface area contributed by atoms with Crippen molar-refractivity contribution in [2.45, 2.75) is 6.92 Å². The van der Waals surface area contributed by atoms with Crippen LogP contribution in [0.1, 0.15) is 12.5 Å². The summed E-state index contributed by atoms with van der Waals surface area (Å²) in [4.78, 5) is 36.7. The predicted octanol–water partition coefficient (Wildman–Crippen LogP) is 4.12. The van der Waals surface area contributed by atoms with E-state index in [0.717, 1.165) is 29.8 Å². The van der Waals surface area contributed by atoms with Crippen molar-refractivity contribution in [2.24, 2.45) is 0 Å². The summed E-state index contributed by atoms with van der Waals surface area (Å²) in [6, 6.07) is 10.8. The molecule has 0 aliphatic carbocycles. The zero-order chi connectivity index (χ0) is 27.9. The molecule has 0 spiro atoms. The van der Waals surface area contributed by atoms with Gasteiger partial charge in [0.25, 0.3) is 0 Å². The highest BCUT2D eigenvalue weighted by molar-refractivity contribution is 6.30. The first-order valence-electron chi connectivity index (χ1n) is 12.2. The van der Waals surface area contributed by atoms with E-state index >= 15 is 0 Å². The lowest BCUT2D eigenvalue weighted by atomic mass is 10.1. The van der Waals surface area contributed by atoms with Gasteiger partial charge in [0.2, 0.25) is 11.8 Å². The molecule has 4 rings (SSSR count). The Bertz CT molecular complexity index is 1380. The van der Waals surface area contributed by atoms with Gasteiger partial charge in [-0.15, -0.1) is 0 Å². The number of halogens is 4. The molecule has 1 aliphatic heterocycles. The van der Waals surface area contributed by atoms with E-state index in [-0.39, 0.29) is 17.4 Å². The summed E-state index contributed by atoms with van der Waals surface area (Å²) >= 11 is 6.03. The number of rotatable bonds is 8. The number of aromatic nitrogens is 2. The summed E-state index contributed by atoms with van der Waals surface area (Å²) in [5.74, 6) is -2.99. The summed E-state index contributed by atoms with van der Waals surface area (Å²) < 4.78 is 40.5. The summed E-state index contributed by atoms with van der Waals surface area (Å²) in [6.07, 6.45) is 2.28. The lowest BCUT2D eigenvalue weighted by molar-refractivity contribution is -0.126. The zero-order valence-corrected chi connectivity index (χ0v) is 21.8. The highest BCUT2D eigenvalue weighted by Crippen LogP contribution is 2.25. The number of nitrogens with zero attached hydrogens (tertiary/aromatic N) is 4. The van der Waals surface area contributed by atoms with E-state index in [1.54, 1.807) is 23.1 Å². The SMILES string of the molecule is CC(=O)NCCNc1cc(N2CCN(C(=O)C=Cc3ccc(F)c(F)c3F)CC2)nc(-c2ccc(Cl)cc2)n1. The minimum absolute atomic E-state index is 0.126. The number of amides is 2. The molecule has 8 nitrogen and oxygen atoms in total. The Morgan fingerprint density at radius 3 is 2.38 bits per heavy atom. The zero-order valence-electron chi connectivity index (χ0n) is 21.1. The molecule has 39 heavy (non-hydrogen) atoms. The van der Waals surface area contributed by atoms with E-state index in [9.17, 15) is 22.8 Å². The van der Waals surface area contributed by atoms with Gasteiger partial charge in [-0.05, 0) is 42.5 Å². The maximum atomic E-state index is 13.9. The maximum Gasteiger partial charge on any atom is 0.246 e. The second-order valence-corrected chi connectivity index (χ2v) is 9.20. The molecule has 2 amide bonds. The van der Waals surface area contributed by atoms with Crippen LogP contribution in [0, 0.1) is 17.5 Å². The van der Waals surface area contributed by atoms with Crippen molar-refractivity contribution in [1.29, 1.82) is 0 Å². The van der Waals surface area contributed by atoms with Crippen LogP contribution in [-0.4, -0.2) is 66.0 Å². The highest BCUT2D eigenvalue weighted by Gasteiger charge is 2.22. The predicted molar refractivity (Wildman–Crippen MR) is 144 cm³/mol. The quantitative estimate of drug-likeness (QED) is 0.246. The van der Waals surface area contributed by atoms with Gasteiger partial charge in [0.1, 0.15) is 11.6 Å². The smallest absolute Gasteiger partial charge is 0.246 e. The molecule has 2 aromatic carbocycles. The molecule has 3 aromatic rings. The summed E-state index contributed by atoms with van der Waals surface area (Å²) in [5.41, 5.74) is 0.560. The summed E-state index contributed by atoms with van der Waals surface area (Å²) in [5, 5.41) is 6.51. The Hall–Kier alpha value is -4.12. The first kappa shape index (κ1) is 27.9. The van der Waals surface area contributed by atoms with Crippen LogP contribution in [0.15, 0.2) is 48.5 Å². The van der Waals surface area contributed by atoms with Crippen molar-refractivity contribution in [3.8, 4) is 11.4 Å². The fraction of sp³-hybridized carbons (Fsp3) is 0.259. The van der Waals surface area contributed by atoms with Crippen molar-refractivity contribution in [3.05, 3.63) is 76.6 Å². The van der Waals surface area contributed by atoms with Crippen LogP contribution in [0.3, 0.4) is 0 Å². The van der Waals surface area contributed by atoms with Crippen molar-refractivity contribution >= 4 is 41.1 Å². The first-order valence-corrected chi connectivity index (χ1v) is 12.6. The van der Waals surface area contributed by atoms with Gasteiger partial charge < -0.3 is 20.4 Å². The Labute approximate surface area is 228 Å². The Morgan fingerprint density at radius 2 is 1.69 bits per heavy atom. The average molecular weight is 559 g/mol. The minimum atomic E-state index is -1.58. The van der Waals surface area contributed by atoms with E-state index in [1.807, 2.05) is 17.0 Å². The Kier molecular flexibility index (Phi) is 9.03. The van der Waals surface area contributed by atoms with Gasteiger partial charge >= 0.3 is 0 Å². The molecule has 2 N–H and O–H groups in total. The van der Waals surface area contributed by atoms with E-state index < -0.39 is 17.5 Å².